The maximum Gasteiger partial charge on any atom is 0.330 e. The molecule has 0 saturated carbocycles. The maximum atomic E-state index is 11.2. The molecule has 6 heteroatoms. The number of carbonyl (C=O) groups is 2. The van der Waals surface area contributed by atoms with Crippen LogP contribution in [-0.4, -0.2) is 22.0 Å². The fourth-order valence-electron chi connectivity index (χ4n) is 1.83. The van der Waals surface area contributed by atoms with Crippen molar-refractivity contribution in [1.82, 2.24) is 10.3 Å². The molecule has 18 heavy (non-hydrogen) atoms. The number of nitrogens with one attached hydrogen (secondary N) is 2. The molecule has 1 unspecified atom stereocenters. The van der Waals surface area contributed by atoms with Crippen molar-refractivity contribution < 1.29 is 14.7 Å². The summed E-state index contributed by atoms with van der Waals surface area (Å²) in [5.41, 5.74) is 1.36. The van der Waals surface area contributed by atoms with E-state index in [4.69, 9.17) is 0 Å². The molecule has 1 aromatic carbocycles. The van der Waals surface area contributed by atoms with E-state index in [1.54, 1.807) is 6.20 Å². The third kappa shape index (κ3) is 2.38. The number of H-pyrrole nitrogens is 1. The van der Waals surface area contributed by atoms with Crippen LogP contribution < -0.4 is 5.32 Å². The second-order valence-electron chi connectivity index (χ2n) is 3.91. The van der Waals surface area contributed by atoms with Crippen LogP contribution in [0.2, 0.25) is 0 Å². The van der Waals surface area contributed by atoms with Crippen LogP contribution in [0.4, 0.5) is 0 Å². The lowest BCUT2D eigenvalue weighted by Gasteiger charge is -2.12. The molecule has 2 rings (SSSR count). The van der Waals surface area contributed by atoms with Crippen molar-refractivity contribution in [2.45, 2.75) is 13.0 Å². The molecule has 0 aliphatic carbocycles. The third-order valence-corrected chi connectivity index (χ3v) is 3.07. The Kier molecular flexibility index (Phi) is 3.38. The average Bonchev–Trinajstić information content (AvgIpc) is 2.68. The van der Waals surface area contributed by atoms with Gasteiger partial charge in [0.1, 0.15) is 0 Å². The normalized spacial score (nSPS) is 12.3. The number of hydrogen-bond donors (Lipinski definition) is 3. The number of halogens is 1. The number of aromatic amines is 1. The van der Waals surface area contributed by atoms with Crippen LogP contribution in [0.5, 0.6) is 0 Å². The van der Waals surface area contributed by atoms with Gasteiger partial charge in [0, 0.05) is 34.1 Å². The predicted molar refractivity (Wildman–Crippen MR) is 70.2 cm³/mol. The zero-order valence-corrected chi connectivity index (χ0v) is 11.1. The van der Waals surface area contributed by atoms with E-state index in [2.05, 4.69) is 26.2 Å². The summed E-state index contributed by atoms with van der Waals surface area (Å²) in [6.07, 6.45) is 1.60. The number of aliphatic carboxylic acids is 1. The largest absolute Gasteiger partial charge is 0.479 e. The molecule has 0 fully saturated rings. The summed E-state index contributed by atoms with van der Waals surface area (Å²) in [4.78, 5) is 25.3. The highest BCUT2D eigenvalue weighted by atomic mass is 79.9. The summed E-state index contributed by atoms with van der Waals surface area (Å²) >= 11 is 3.34. The first-order chi connectivity index (χ1) is 8.49. The summed E-state index contributed by atoms with van der Waals surface area (Å²) in [6.45, 7) is 1.29. The Hall–Kier alpha value is -1.82. The molecule has 5 nitrogen and oxygen atoms in total. The van der Waals surface area contributed by atoms with Crippen LogP contribution >= 0.6 is 15.9 Å². The van der Waals surface area contributed by atoms with Gasteiger partial charge in [-0.1, -0.05) is 15.9 Å². The molecular formula is C12H11BrN2O3. The second-order valence-corrected chi connectivity index (χ2v) is 4.82. The van der Waals surface area contributed by atoms with Gasteiger partial charge in [0.05, 0.1) is 0 Å². The van der Waals surface area contributed by atoms with Crippen molar-refractivity contribution >= 4 is 38.7 Å². The molecule has 0 saturated heterocycles. The number of carboxylic acid groups (broad SMARTS) is 1. The second kappa shape index (κ2) is 4.81. The smallest absolute Gasteiger partial charge is 0.330 e. The lowest BCUT2D eigenvalue weighted by molar-refractivity contribution is -0.141. The number of hydrogen-bond acceptors (Lipinski definition) is 2. The van der Waals surface area contributed by atoms with Gasteiger partial charge in [0.25, 0.3) is 0 Å². The minimum atomic E-state index is -1.09. The highest BCUT2D eigenvalue weighted by Crippen LogP contribution is 2.27. The Morgan fingerprint density at radius 3 is 2.78 bits per heavy atom. The number of benzene rings is 1. The Labute approximate surface area is 111 Å². The molecule has 0 spiro atoms. The SMILES string of the molecule is CC(=O)NC(C(=O)O)c1c[nH]c2ccc(Br)cc12. The van der Waals surface area contributed by atoms with Gasteiger partial charge in [-0.3, -0.25) is 4.79 Å². The van der Waals surface area contributed by atoms with E-state index < -0.39 is 12.0 Å². The average molecular weight is 311 g/mol. The van der Waals surface area contributed by atoms with E-state index in [1.165, 1.54) is 6.92 Å². The number of rotatable bonds is 3. The molecule has 1 aromatic heterocycles. The molecule has 1 heterocycles. The lowest BCUT2D eigenvalue weighted by atomic mass is 10.1. The summed E-state index contributed by atoms with van der Waals surface area (Å²) in [7, 11) is 0. The van der Waals surface area contributed by atoms with Crippen molar-refractivity contribution in [3.05, 3.63) is 34.4 Å². The Morgan fingerprint density at radius 1 is 1.44 bits per heavy atom. The molecule has 2 aromatic rings. The summed E-state index contributed by atoms with van der Waals surface area (Å²) < 4.78 is 0.850. The Bertz CT molecular complexity index is 621. The van der Waals surface area contributed by atoms with Crippen molar-refractivity contribution in [2.24, 2.45) is 0 Å². The molecule has 94 valence electrons. The van der Waals surface area contributed by atoms with E-state index in [0.29, 0.717) is 5.56 Å². The highest BCUT2D eigenvalue weighted by Gasteiger charge is 2.23. The molecule has 0 bridgehead atoms. The zero-order chi connectivity index (χ0) is 13.3. The first-order valence-electron chi connectivity index (χ1n) is 5.25. The highest BCUT2D eigenvalue weighted by molar-refractivity contribution is 9.10. The van der Waals surface area contributed by atoms with Gasteiger partial charge < -0.3 is 15.4 Å². The van der Waals surface area contributed by atoms with E-state index in [1.807, 2.05) is 18.2 Å². The maximum absolute atomic E-state index is 11.2. The van der Waals surface area contributed by atoms with Crippen LogP contribution in [0.3, 0.4) is 0 Å². The molecule has 0 aliphatic rings. The molecule has 1 atom stereocenters. The predicted octanol–water partition coefficient (Wildman–Crippen LogP) is 2.19. The van der Waals surface area contributed by atoms with Crippen molar-refractivity contribution in [3.8, 4) is 0 Å². The first kappa shape index (κ1) is 12.6. The summed E-state index contributed by atoms with van der Waals surface area (Å²) in [5.74, 6) is -1.47. The fourth-order valence-corrected chi connectivity index (χ4v) is 2.19. The summed E-state index contributed by atoms with van der Waals surface area (Å²) in [6, 6.07) is 4.47. The first-order valence-corrected chi connectivity index (χ1v) is 6.05. The number of carbonyl (C=O) groups excluding carboxylic acids is 1. The van der Waals surface area contributed by atoms with Crippen molar-refractivity contribution in [2.75, 3.05) is 0 Å². The zero-order valence-electron chi connectivity index (χ0n) is 9.53. The monoisotopic (exact) mass is 310 g/mol. The van der Waals surface area contributed by atoms with Crippen LogP contribution in [0.15, 0.2) is 28.9 Å². The third-order valence-electron chi connectivity index (χ3n) is 2.58. The number of aromatic nitrogens is 1. The van der Waals surface area contributed by atoms with Gasteiger partial charge in [-0.05, 0) is 18.2 Å². The minimum absolute atomic E-state index is 0.383. The molecular weight excluding hydrogens is 300 g/mol. The van der Waals surface area contributed by atoms with Gasteiger partial charge >= 0.3 is 5.97 Å². The number of fused-ring (bicyclic) bond motifs is 1. The summed E-state index contributed by atoms with van der Waals surface area (Å²) in [5, 5.41) is 12.4. The van der Waals surface area contributed by atoms with Crippen LogP contribution in [0.1, 0.15) is 18.5 Å². The lowest BCUT2D eigenvalue weighted by Crippen LogP contribution is -2.31. The van der Waals surface area contributed by atoms with Gasteiger partial charge in [-0.25, -0.2) is 4.79 Å². The standard InChI is InChI=1S/C12H11BrN2O3/c1-6(16)15-11(12(17)18)9-5-14-10-3-2-7(13)4-8(9)10/h2-5,11,14H,1H3,(H,15,16)(H,17,18). The van der Waals surface area contributed by atoms with Crippen molar-refractivity contribution in [1.29, 1.82) is 0 Å². The van der Waals surface area contributed by atoms with E-state index in [-0.39, 0.29) is 5.91 Å². The topological polar surface area (TPSA) is 82.2 Å². The molecule has 0 radical (unpaired) electrons. The van der Waals surface area contributed by atoms with Crippen LogP contribution in [0, 0.1) is 0 Å². The van der Waals surface area contributed by atoms with Crippen LogP contribution in [0.25, 0.3) is 10.9 Å². The fraction of sp³-hybridized carbons (Fsp3) is 0.167. The number of carboxylic acids is 1. The minimum Gasteiger partial charge on any atom is -0.479 e. The number of amides is 1. The van der Waals surface area contributed by atoms with E-state index in [0.717, 1.165) is 15.4 Å². The molecule has 3 N–H and O–H groups in total. The van der Waals surface area contributed by atoms with Crippen molar-refractivity contribution in [3.63, 3.8) is 0 Å². The van der Waals surface area contributed by atoms with E-state index in [9.17, 15) is 14.7 Å². The van der Waals surface area contributed by atoms with Crippen LogP contribution in [-0.2, 0) is 9.59 Å². The van der Waals surface area contributed by atoms with Gasteiger partial charge in [-0.15, -0.1) is 0 Å². The molecule has 0 aliphatic heterocycles. The Morgan fingerprint density at radius 2 is 2.17 bits per heavy atom. The van der Waals surface area contributed by atoms with Gasteiger partial charge in [0.2, 0.25) is 5.91 Å². The van der Waals surface area contributed by atoms with Gasteiger partial charge in [-0.2, -0.15) is 0 Å². The van der Waals surface area contributed by atoms with E-state index >= 15 is 0 Å². The quantitative estimate of drug-likeness (QED) is 0.812. The van der Waals surface area contributed by atoms with Gasteiger partial charge in [0.15, 0.2) is 6.04 Å². The Balaban J connectivity index is 2.53. The molecule has 1 amide bonds.